The number of fused-ring (bicyclic) bond motifs is 1. The lowest BCUT2D eigenvalue weighted by Crippen LogP contribution is -2.61. The lowest BCUT2D eigenvalue weighted by atomic mass is 9.98. The van der Waals surface area contributed by atoms with E-state index < -0.39 is 0 Å². The summed E-state index contributed by atoms with van der Waals surface area (Å²) in [6.45, 7) is 1.46. The van der Waals surface area contributed by atoms with E-state index in [4.69, 9.17) is 0 Å². The molecule has 1 unspecified atom stereocenters. The summed E-state index contributed by atoms with van der Waals surface area (Å²) in [5, 5.41) is 21.2. The van der Waals surface area contributed by atoms with Crippen molar-refractivity contribution in [1.29, 1.82) is 0 Å². The van der Waals surface area contributed by atoms with E-state index in [0.717, 1.165) is 6.54 Å². The van der Waals surface area contributed by atoms with Gasteiger partial charge in [-0.1, -0.05) is 36.4 Å². The summed E-state index contributed by atoms with van der Waals surface area (Å²) in [5.41, 5.74) is 1.22. The second-order valence-corrected chi connectivity index (χ2v) is 4.93. The zero-order valence-corrected chi connectivity index (χ0v) is 10.2. The molecule has 0 aromatic heterocycles. The molecule has 0 radical (unpaired) electrons. The van der Waals surface area contributed by atoms with Gasteiger partial charge in [-0.3, -0.25) is 4.90 Å². The summed E-state index contributed by atoms with van der Waals surface area (Å²) in [5.74, 6) is 0. The zero-order chi connectivity index (χ0) is 12.5. The van der Waals surface area contributed by atoms with E-state index in [9.17, 15) is 10.2 Å². The molecular formula is C15H17NO2. The Morgan fingerprint density at radius 2 is 1.89 bits per heavy atom. The normalized spacial score (nSPS) is 24.1. The van der Waals surface area contributed by atoms with Crippen LogP contribution < -0.4 is 0 Å². The standard InChI is InChI=1S/C15H17NO2/c17-10-14-15(18)9-16(14)8-11-5-6-12-3-1-2-4-13(12)7-11/h1-7,14-15,17-18H,8-10H2/t14?,15-/m0/s1. The van der Waals surface area contributed by atoms with Crippen LogP contribution in [0.5, 0.6) is 0 Å². The number of aliphatic hydroxyl groups is 2. The van der Waals surface area contributed by atoms with Crippen molar-refractivity contribution >= 4 is 10.8 Å². The lowest BCUT2D eigenvalue weighted by Gasteiger charge is -2.44. The Labute approximate surface area is 106 Å². The second kappa shape index (κ2) is 4.69. The van der Waals surface area contributed by atoms with Crippen LogP contribution in [0.4, 0.5) is 0 Å². The van der Waals surface area contributed by atoms with Crippen LogP contribution in [-0.4, -0.2) is 40.4 Å². The van der Waals surface area contributed by atoms with Gasteiger partial charge in [0.2, 0.25) is 0 Å². The SMILES string of the molecule is OCC1[C@@H](O)CN1Cc1ccc2ccccc2c1. The van der Waals surface area contributed by atoms with Crippen LogP contribution in [-0.2, 0) is 6.54 Å². The van der Waals surface area contributed by atoms with Crippen LogP contribution in [0.2, 0.25) is 0 Å². The molecule has 1 saturated heterocycles. The highest BCUT2D eigenvalue weighted by Crippen LogP contribution is 2.23. The van der Waals surface area contributed by atoms with Crippen LogP contribution in [0.3, 0.4) is 0 Å². The highest BCUT2D eigenvalue weighted by atomic mass is 16.3. The summed E-state index contributed by atoms with van der Waals surface area (Å²) >= 11 is 0. The molecule has 0 aliphatic carbocycles. The molecule has 3 rings (SSSR count). The Morgan fingerprint density at radius 3 is 2.61 bits per heavy atom. The minimum absolute atomic E-state index is 0.0226. The lowest BCUT2D eigenvalue weighted by molar-refractivity contribution is -0.0866. The third-order valence-electron chi connectivity index (χ3n) is 3.72. The largest absolute Gasteiger partial charge is 0.395 e. The molecule has 1 heterocycles. The average molecular weight is 243 g/mol. The molecule has 0 saturated carbocycles. The van der Waals surface area contributed by atoms with Crippen molar-refractivity contribution in [1.82, 2.24) is 4.90 Å². The first-order valence-electron chi connectivity index (χ1n) is 6.28. The van der Waals surface area contributed by atoms with Crippen LogP contribution in [0.1, 0.15) is 5.56 Å². The van der Waals surface area contributed by atoms with E-state index in [0.29, 0.717) is 6.54 Å². The Hall–Kier alpha value is -1.42. The fourth-order valence-electron chi connectivity index (χ4n) is 2.59. The van der Waals surface area contributed by atoms with Gasteiger partial charge >= 0.3 is 0 Å². The molecule has 2 aromatic carbocycles. The van der Waals surface area contributed by atoms with E-state index in [1.807, 2.05) is 12.1 Å². The van der Waals surface area contributed by atoms with Crippen molar-refractivity contribution in [3.63, 3.8) is 0 Å². The second-order valence-electron chi connectivity index (χ2n) is 4.93. The van der Waals surface area contributed by atoms with Crippen LogP contribution >= 0.6 is 0 Å². The maximum atomic E-state index is 9.53. The Morgan fingerprint density at radius 1 is 1.11 bits per heavy atom. The van der Waals surface area contributed by atoms with E-state index in [1.165, 1.54) is 16.3 Å². The highest BCUT2D eigenvalue weighted by molar-refractivity contribution is 5.82. The molecule has 94 valence electrons. The molecule has 0 amide bonds. The third-order valence-corrected chi connectivity index (χ3v) is 3.72. The number of β-amino-alcohol motifs (C(OH)–C–C–N with tert-alkyl or cyclic N) is 1. The summed E-state index contributed by atoms with van der Waals surface area (Å²) in [7, 11) is 0. The third kappa shape index (κ3) is 2.01. The highest BCUT2D eigenvalue weighted by Gasteiger charge is 2.36. The maximum absolute atomic E-state index is 9.53. The first kappa shape index (κ1) is 11.7. The van der Waals surface area contributed by atoms with Gasteiger partial charge in [-0.05, 0) is 22.4 Å². The molecule has 3 heteroatoms. The Balaban J connectivity index is 1.79. The molecule has 18 heavy (non-hydrogen) atoms. The predicted molar refractivity (Wildman–Crippen MR) is 71.2 cm³/mol. The molecule has 0 bridgehead atoms. The van der Waals surface area contributed by atoms with Gasteiger partial charge in [0.25, 0.3) is 0 Å². The van der Waals surface area contributed by atoms with E-state index in [1.54, 1.807) is 0 Å². The fourth-order valence-corrected chi connectivity index (χ4v) is 2.59. The van der Waals surface area contributed by atoms with Crippen molar-refractivity contribution in [2.45, 2.75) is 18.7 Å². The summed E-state index contributed by atoms with van der Waals surface area (Å²) in [6.07, 6.45) is -0.379. The van der Waals surface area contributed by atoms with Crippen molar-refractivity contribution in [2.75, 3.05) is 13.2 Å². The zero-order valence-electron chi connectivity index (χ0n) is 10.2. The van der Waals surface area contributed by atoms with Gasteiger partial charge < -0.3 is 10.2 Å². The summed E-state index contributed by atoms with van der Waals surface area (Å²) < 4.78 is 0. The minimum Gasteiger partial charge on any atom is -0.395 e. The molecule has 1 aliphatic heterocycles. The fraction of sp³-hybridized carbons (Fsp3) is 0.333. The van der Waals surface area contributed by atoms with Gasteiger partial charge in [0.1, 0.15) is 0 Å². The van der Waals surface area contributed by atoms with Crippen molar-refractivity contribution in [2.24, 2.45) is 0 Å². The van der Waals surface area contributed by atoms with Gasteiger partial charge in [-0.25, -0.2) is 0 Å². The Kier molecular flexibility index (Phi) is 3.04. The number of rotatable bonds is 3. The van der Waals surface area contributed by atoms with Crippen molar-refractivity contribution < 1.29 is 10.2 Å². The number of hydrogen-bond acceptors (Lipinski definition) is 3. The quantitative estimate of drug-likeness (QED) is 0.856. The smallest absolute Gasteiger partial charge is 0.0844 e. The molecule has 2 N–H and O–H groups in total. The number of aliphatic hydroxyl groups excluding tert-OH is 2. The van der Waals surface area contributed by atoms with Gasteiger partial charge in [-0.2, -0.15) is 0 Å². The monoisotopic (exact) mass is 243 g/mol. The summed E-state index contributed by atoms with van der Waals surface area (Å²) in [6, 6.07) is 14.6. The number of hydrogen-bond donors (Lipinski definition) is 2. The topological polar surface area (TPSA) is 43.7 Å². The summed E-state index contributed by atoms with van der Waals surface area (Å²) in [4.78, 5) is 2.11. The number of benzene rings is 2. The molecule has 2 atom stereocenters. The molecule has 1 fully saturated rings. The van der Waals surface area contributed by atoms with E-state index >= 15 is 0 Å². The predicted octanol–water partition coefficient (Wildman–Crippen LogP) is 1.38. The molecule has 0 spiro atoms. The average Bonchev–Trinajstić information content (AvgIpc) is 2.38. The molecule has 2 aromatic rings. The number of nitrogens with zero attached hydrogens (tertiary/aromatic N) is 1. The molecule has 1 aliphatic rings. The van der Waals surface area contributed by atoms with Crippen LogP contribution in [0.15, 0.2) is 42.5 Å². The Bertz CT molecular complexity index is 555. The maximum Gasteiger partial charge on any atom is 0.0844 e. The van der Waals surface area contributed by atoms with Gasteiger partial charge in [-0.15, -0.1) is 0 Å². The van der Waals surface area contributed by atoms with E-state index in [-0.39, 0.29) is 18.8 Å². The van der Waals surface area contributed by atoms with Crippen molar-refractivity contribution in [3.8, 4) is 0 Å². The molecular weight excluding hydrogens is 226 g/mol. The number of likely N-dealkylation sites (tertiary alicyclic amines) is 1. The van der Waals surface area contributed by atoms with Gasteiger partial charge in [0, 0.05) is 13.1 Å². The minimum atomic E-state index is -0.379. The molecule has 3 nitrogen and oxygen atoms in total. The first-order valence-corrected chi connectivity index (χ1v) is 6.28. The van der Waals surface area contributed by atoms with Gasteiger partial charge in [0.05, 0.1) is 18.8 Å². The van der Waals surface area contributed by atoms with Crippen molar-refractivity contribution in [3.05, 3.63) is 48.0 Å². The van der Waals surface area contributed by atoms with Crippen LogP contribution in [0, 0.1) is 0 Å². The first-order chi connectivity index (χ1) is 8.78. The van der Waals surface area contributed by atoms with Gasteiger partial charge in [0.15, 0.2) is 0 Å². The van der Waals surface area contributed by atoms with Crippen LogP contribution in [0.25, 0.3) is 10.8 Å². The van der Waals surface area contributed by atoms with E-state index in [2.05, 4.69) is 35.2 Å².